The van der Waals surface area contributed by atoms with Crippen molar-refractivity contribution in [2.24, 2.45) is 11.1 Å². The standard InChI is InChI=1S/C17H24N4O5S/c1-17(11-18)7-9-19(12-17)16(22)15-6-3-8-20(15)27(25,26)14-5-2-4-13(10-14)21(23)24/h2,4-5,10,15H,3,6-9,11-12,18H2,1H3. The van der Waals surface area contributed by atoms with Gasteiger partial charge in [0.05, 0.1) is 9.82 Å². The fourth-order valence-electron chi connectivity index (χ4n) is 3.76. The monoisotopic (exact) mass is 396 g/mol. The van der Waals surface area contributed by atoms with E-state index in [4.69, 9.17) is 5.73 Å². The van der Waals surface area contributed by atoms with E-state index in [0.717, 1.165) is 12.5 Å². The summed E-state index contributed by atoms with van der Waals surface area (Å²) in [5, 5.41) is 11.0. The highest BCUT2D eigenvalue weighted by Gasteiger charge is 2.44. The topological polar surface area (TPSA) is 127 Å². The van der Waals surface area contributed by atoms with Crippen molar-refractivity contribution in [3.05, 3.63) is 34.4 Å². The predicted molar refractivity (Wildman–Crippen MR) is 98.4 cm³/mol. The third kappa shape index (κ3) is 3.69. The lowest BCUT2D eigenvalue weighted by Crippen LogP contribution is -2.47. The van der Waals surface area contributed by atoms with Gasteiger partial charge < -0.3 is 10.6 Å². The quantitative estimate of drug-likeness (QED) is 0.583. The zero-order valence-corrected chi connectivity index (χ0v) is 16.0. The maximum Gasteiger partial charge on any atom is 0.270 e. The maximum atomic E-state index is 13.0. The number of nitrogens with zero attached hydrogens (tertiary/aromatic N) is 3. The minimum atomic E-state index is -4.00. The Kier molecular flexibility index (Phi) is 5.24. The van der Waals surface area contributed by atoms with Gasteiger partial charge in [0.1, 0.15) is 6.04 Å². The number of non-ortho nitro benzene ring substituents is 1. The largest absolute Gasteiger partial charge is 0.341 e. The molecule has 2 aliphatic heterocycles. The molecule has 27 heavy (non-hydrogen) atoms. The van der Waals surface area contributed by atoms with Crippen LogP contribution in [0.5, 0.6) is 0 Å². The lowest BCUT2D eigenvalue weighted by Gasteiger charge is -2.28. The molecule has 1 aromatic carbocycles. The van der Waals surface area contributed by atoms with Crippen molar-refractivity contribution in [1.29, 1.82) is 0 Å². The molecule has 0 radical (unpaired) electrons. The number of rotatable bonds is 5. The summed E-state index contributed by atoms with van der Waals surface area (Å²) in [5.74, 6) is -0.210. The Hall–Kier alpha value is -2.04. The van der Waals surface area contributed by atoms with Crippen LogP contribution in [-0.4, -0.2) is 60.7 Å². The van der Waals surface area contributed by atoms with Gasteiger partial charge >= 0.3 is 0 Å². The molecular formula is C17H24N4O5S. The van der Waals surface area contributed by atoms with Crippen LogP contribution in [0.25, 0.3) is 0 Å². The van der Waals surface area contributed by atoms with Gasteiger partial charge in [0.2, 0.25) is 15.9 Å². The molecule has 9 nitrogen and oxygen atoms in total. The molecule has 0 aromatic heterocycles. The summed E-state index contributed by atoms with van der Waals surface area (Å²) in [6.45, 7) is 3.80. The van der Waals surface area contributed by atoms with Crippen LogP contribution in [0, 0.1) is 15.5 Å². The number of amides is 1. The van der Waals surface area contributed by atoms with Crippen LogP contribution in [0.15, 0.2) is 29.2 Å². The van der Waals surface area contributed by atoms with E-state index in [1.165, 1.54) is 22.5 Å². The van der Waals surface area contributed by atoms with Crippen molar-refractivity contribution in [1.82, 2.24) is 9.21 Å². The van der Waals surface area contributed by atoms with Crippen molar-refractivity contribution >= 4 is 21.6 Å². The van der Waals surface area contributed by atoms with E-state index >= 15 is 0 Å². The molecule has 2 N–H and O–H groups in total. The smallest absolute Gasteiger partial charge is 0.270 e. The van der Waals surface area contributed by atoms with Gasteiger partial charge in [-0.2, -0.15) is 4.31 Å². The Morgan fingerprint density at radius 3 is 2.78 bits per heavy atom. The molecule has 0 spiro atoms. The second kappa shape index (κ2) is 7.17. The van der Waals surface area contributed by atoms with Gasteiger partial charge in [-0.15, -0.1) is 0 Å². The van der Waals surface area contributed by atoms with Crippen molar-refractivity contribution in [3.63, 3.8) is 0 Å². The van der Waals surface area contributed by atoms with Crippen molar-refractivity contribution in [2.45, 2.75) is 37.1 Å². The third-order valence-electron chi connectivity index (χ3n) is 5.49. The molecule has 2 unspecified atom stereocenters. The summed E-state index contributed by atoms with van der Waals surface area (Å²) in [6, 6.07) is 4.17. The number of benzene rings is 1. The predicted octanol–water partition coefficient (Wildman–Crippen LogP) is 0.945. The molecule has 2 atom stereocenters. The van der Waals surface area contributed by atoms with Crippen molar-refractivity contribution in [2.75, 3.05) is 26.2 Å². The number of hydrogen-bond donors (Lipinski definition) is 1. The minimum Gasteiger partial charge on any atom is -0.341 e. The third-order valence-corrected chi connectivity index (χ3v) is 7.39. The van der Waals surface area contributed by atoms with Gasteiger partial charge in [-0.25, -0.2) is 8.42 Å². The highest BCUT2D eigenvalue weighted by atomic mass is 32.2. The zero-order chi connectivity index (χ0) is 19.8. The van der Waals surface area contributed by atoms with Crippen LogP contribution in [0.3, 0.4) is 0 Å². The first-order valence-electron chi connectivity index (χ1n) is 8.93. The average molecular weight is 396 g/mol. The fourth-order valence-corrected chi connectivity index (χ4v) is 5.45. The highest BCUT2D eigenvalue weighted by Crippen LogP contribution is 2.33. The second-order valence-corrected chi connectivity index (χ2v) is 9.44. The molecule has 0 bridgehead atoms. The van der Waals surface area contributed by atoms with E-state index in [9.17, 15) is 23.3 Å². The van der Waals surface area contributed by atoms with Crippen LogP contribution in [0.1, 0.15) is 26.2 Å². The first kappa shape index (κ1) is 19.7. The Balaban J connectivity index is 1.84. The first-order valence-corrected chi connectivity index (χ1v) is 10.4. The molecule has 2 heterocycles. The van der Waals surface area contributed by atoms with E-state index in [2.05, 4.69) is 0 Å². The van der Waals surface area contributed by atoms with Crippen molar-refractivity contribution in [3.8, 4) is 0 Å². The number of carbonyl (C=O) groups excluding carboxylic acids is 1. The molecule has 148 valence electrons. The van der Waals surface area contributed by atoms with Crippen LogP contribution in [-0.2, 0) is 14.8 Å². The average Bonchev–Trinajstić information content (AvgIpc) is 3.29. The van der Waals surface area contributed by atoms with Gasteiger partial charge in [0.15, 0.2) is 0 Å². The number of carbonyl (C=O) groups is 1. The van der Waals surface area contributed by atoms with E-state index < -0.39 is 21.0 Å². The molecule has 1 amide bonds. The van der Waals surface area contributed by atoms with Crippen LogP contribution in [0.4, 0.5) is 5.69 Å². The van der Waals surface area contributed by atoms with E-state index in [-0.39, 0.29) is 28.4 Å². The molecule has 3 rings (SSSR count). The van der Waals surface area contributed by atoms with E-state index in [0.29, 0.717) is 32.5 Å². The number of hydrogen-bond acceptors (Lipinski definition) is 6. The van der Waals surface area contributed by atoms with Crippen LogP contribution < -0.4 is 5.73 Å². The Labute approximate surface area is 158 Å². The van der Waals surface area contributed by atoms with Gasteiger partial charge in [0.25, 0.3) is 5.69 Å². The van der Waals surface area contributed by atoms with Gasteiger partial charge in [0, 0.05) is 31.8 Å². The second-order valence-electron chi connectivity index (χ2n) is 7.55. The van der Waals surface area contributed by atoms with E-state index in [1.807, 2.05) is 6.92 Å². The molecule has 0 saturated carbocycles. The highest BCUT2D eigenvalue weighted by molar-refractivity contribution is 7.89. The molecule has 2 saturated heterocycles. The molecule has 2 fully saturated rings. The lowest BCUT2D eigenvalue weighted by atomic mass is 9.90. The number of nitrogens with two attached hydrogens (primary N) is 1. The summed E-state index contributed by atoms with van der Waals surface area (Å²) in [5.41, 5.74) is 5.36. The SMILES string of the molecule is CC1(CN)CCN(C(=O)C2CCCN2S(=O)(=O)c2cccc([N+](=O)[O-])c2)C1. The Bertz CT molecular complexity index is 859. The molecule has 10 heteroatoms. The van der Waals surface area contributed by atoms with Gasteiger partial charge in [-0.05, 0) is 37.3 Å². The summed E-state index contributed by atoms with van der Waals surface area (Å²) in [6.07, 6.45) is 1.81. The summed E-state index contributed by atoms with van der Waals surface area (Å²) < 4.78 is 27.3. The van der Waals surface area contributed by atoms with Gasteiger partial charge in [-0.3, -0.25) is 14.9 Å². The van der Waals surface area contributed by atoms with Crippen LogP contribution >= 0.6 is 0 Å². The zero-order valence-electron chi connectivity index (χ0n) is 15.2. The fraction of sp³-hybridized carbons (Fsp3) is 0.588. The number of nitro groups is 1. The molecule has 1 aromatic rings. The van der Waals surface area contributed by atoms with E-state index in [1.54, 1.807) is 4.90 Å². The molecule has 0 aliphatic carbocycles. The summed E-state index contributed by atoms with van der Waals surface area (Å²) >= 11 is 0. The first-order chi connectivity index (χ1) is 12.7. The van der Waals surface area contributed by atoms with Gasteiger partial charge in [-0.1, -0.05) is 13.0 Å². The number of likely N-dealkylation sites (tertiary alicyclic amines) is 1. The summed E-state index contributed by atoms with van der Waals surface area (Å²) in [4.78, 5) is 24.8. The maximum absolute atomic E-state index is 13.0. The molecule has 2 aliphatic rings. The van der Waals surface area contributed by atoms with Crippen LogP contribution in [0.2, 0.25) is 0 Å². The molecular weight excluding hydrogens is 372 g/mol. The number of nitro benzene ring substituents is 1. The van der Waals surface area contributed by atoms with Crippen molar-refractivity contribution < 1.29 is 18.1 Å². The lowest BCUT2D eigenvalue weighted by molar-refractivity contribution is -0.385. The minimum absolute atomic E-state index is 0.141. The Morgan fingerprint density at radius 2 is 2.15 bits per heavy atom. The summed E-state index contributed by atoms with van der Waals surface area (Å²) in [7, 11) is -4.00. The normalized spacial score (nSPS) is 26.4. The Morgan fingerprint density at radius 1 is 1.41 bits per heavy atom. The number of sulfonamides is 1.